The Morgan fingerprint density at radius 3 is 2.38 bits per heavy atom. The van der Waals surface area contributed by atoms with Gasteiger partial charge in [0.15, 0.2) is 0 Å². The molecule has 1 N–H and O–H groups in total. The first-order chi connectivity index (χ1) is 12.4. The van der Waals surface area contributed by atoms with Crippen LogP contribution in [-0.2, 0) is 9.59 Å². The minimum Gasteiger partial charge on any atom is -0.480 e. The van der Waals surface area contributed by atoms with Crippen molar-refractivity contribution in [3.63, 3.8) is 0 Å². The lowest BCUT2D eigenvalue weighted by atomic mass is 9.76. The number of carbonyl (C=O) groups excluding carboxylic acids is 1. The molecule has 140 valence electrons. The molecule has 3 rings (SSSR count). The SMILES string of the molecule is CC(=O)N1CC2(CCN(C/C(C)=C/c3ccccc3)CC2)C[C@H]1C(=O)O. The second-order valence-corrected chi connectivity index (χ2v) is 7.88. The first-order valence-electron chi connectivity index (χ1n) is 9.33. The Morgan fingerprint density at radius 1 is 1.19 bits per heavy atom. The Balaban J connectivity index is 1.58. The summed E-state index contributed by atoms with van der Waals surface area (Å²) in [6, 6.07) is 9.67. The number of benzene rings is 1. The fraction of sp³-hybridized carbons (Fsp3) is 0.524. The number of piperidine rings is 1. The van der Waals surface area contributed by atoms with Gasteiger partial charge in [0.05, 0.1) is 0 Å². The molecule has 26 heavy (non-hydrogen) atoms. The van der Waals surface area contributed by atoms with Gasteiger partial charge in [-0.3, -0.25) is 9.69 Å². The third-order valence-electron chi connectivity index (χ3n) is 5.80. The summed E-state index contributed by atoms with van der Waals surface area (Å²) in [4.78, 5) is 27.3. The smallest absolute Gasteiger partial charge is 0.326 e. The lowest BCUT2D eigenvalue weighted by Crippen LogP contribution is -2.42. The van der Waals surface area contributed by atoms with Crippen molar-refractivity contribution in [2.75, 3.05) is 26.2 Å². The molecule has 1 spiro atoms. The van der Waals surface area contributed by atoms with Crippen LogP contribution in [0.5, 0.6) is 0 Å². The van der Waals surface area contributed by atoms with Crippen molar-refractivity contribution in [3.05, 3.63) is 41.5 Å². The molecule has 5 heteroatoms. The van der Waals surface area contributed by atoms with E-state index in [9.17, 15) is 14.7 Å². The summed E-state index contributed by atoms with van der Waals surface area (Å²) in [7, 11) is 0. The molecule has 0 saturated carbocycles. The lowest BCUT2D eigenvalue weighted by molar-refractivity contribution is -0.147. The Bertz CT molecular complexity index is 666. The Kier molecular flexibility index (Phi) is 5.47. The summed E-state index contributed by atoms with van der Waals surface area (Å²) in [5.74, 6) is -1.00. The van der Waals surface area contributed by atoms with Gasteiger partial charge in [-0.1, -0.05) is 42.0 Å². The molecule has 2 aliphatic heterocycles. The normalized spacial score (nSPS) is 23.4. The van der Waals surface area contributed by atoms with Gasteiger partial charge in [-0.15, -0.1) is 0 Å². The van der Waals surface area contributed by atoms with Crippen molar-refractivity contribution in [1.29, 1.82) is 0 Å². The standard InChI is InChI=1S/C21H28N2O3/c1-16(12-18-6-4-3-5-7-18)14-22-10-8-21(9-11-22)13-19(20(25)26)23(15-21)17(2)24/h3-7,12,19H,8-11,13-15H2,1-2H3,(H,25,26)/b16-12+/t19-/m0/s1. The second kappa shape index (κ2) is 7.62. The van der Waals surface area contributed by atoms with Gasteiger partial charge in [0, 0.05) is 20.0 Å². The molecule has 5 nitrogen and oxygen atoms in total. The minimum absolute atomic E-state index is 0.0255. The lowest BCUT2D eigenvalue weighted by Gasteiger charge is -2.39. The predicted octanol–water partition coefficient (Wildman–Crippen LogP) is 2.88. The van der Waals surface area contributed by atoms with Crippen LogP contribution >= 0.6 is 0 Å². The molecule has 0 unspecified atom stereocenters. The number of carbonyl (C=O) groups is 2. The van der Waals surface area contributed by atoms with Crippen LogP contribution < -0.4 is 0 Å². The van der Waals surface area contributed by atoms with Gasteiger partial charge < -0.3 is 10.0 Å². The highest BCUT2D eigenvalue weighted by atomic mass is 16.4. The minimum atomic E-state index is -0.874. The number of carboxylic acid groups (broad SMARTS) is 1. The number of aliphatic carboxylic acids is 1. The molecular formula is C21H28N2O3. The van der Waals surface area contributed by atoms with Gasteiger partial charge in [0.1, 0.15) is 6.04 Å². The van der Waals surface area contributed by atoms with E-state index in [0.717, 1.165) is 32.5 Å². The van der Waals surface area contributed by atoms with Gasteiger partial charge >= 0.3 is 5.97 Å². The van der Waals surface area contributed by atoms with E-state index in [1.807, 2.05) is 18.2 Å². The van der Waals surface area contributed by atoms with Gasteiger partial charge in [0.25, 0.3) is 0 Å². The fourth-order valence-corrected chi connectivity index (χ4v) is 4.39. The summed E-state index contributed by atoms with van der Waals surface area (Å²) in [5, 5.41) is 9.45. The molecule has 1 aromatic rings. The maximum absolute atomic E-state index is 11.8. The van der Waals surface area contributed by atoms with Crippen LogP contribution in [-0.4, -0.2) is 59.0 Å². The molecule has 2 aliphatic rings. The molecule has 0 radical (unpaired) electrons. The fourth-order valence-electron chi connectivity index (χ4n) is 4.39. The Hall–Kier alpha value is -2.14. The zero-order chi connectivity index (χ0) is 18.7. The molecule has 2 fully saturated rings. The number of likely N-dealkylation sites (tertiary alicyclic amines) is 2. The zero-order valence-electron chi connectivity index (χ0n) is 15.6. The molecule has 2 saturated heterocycles. The molecule has 0 bridgehead atoms. The summed E-state index contributed by atoms with van der Waals surface area (Å²) in [6.45, 7) is 7.07. The molecule has 0 aromatic heterocycles. The van der Waals surface area contributed by atoms with Crippen LogP contribution in [0, 0.1) is 5.41 Å². The zero-order valence-corrected chi connectivity index (χ0v) is 15.6. The third kappa shape index (κ3) is 4.15. The van der Waals surface area contributed by atoms with Crippen molar-refractivity contribution >= 4 is 18.0 Å². The maximum Gasteiger partial charge on any atom is 0.326 e. The first kappa shape index (κ1) is 18.6. The first-order valence-corrected chi connectivity index (χ1v) is 9.33. The average molecular weight is 356 g/mol. The molecule has 1 atom stereocenters. The topological polar surface area (TPSA) is 60.9 Å². The molecular weight excluding hydrogens is 328 g/mol. The van der Waals surface area contributed by atoms with Crippen LogP contribution in [0.15, 0.2) is 35.9 Å². The summed E-state index contributed by atoms with van der Waals surface area (Å²) >= 11 is 0. The average Bonchev–Trinajstić information content (AvgIpc) is 2.98. The van der Waals surface area contributed by atoms with Gasteiger partial charge in [0.2, 0.25) is 5.91 Å². The van der Waals surface area contributed by atoms with E-state index < -0.39 is 12.0 Å². The van der Waals surface area contributed by atoms with E-state index in [-0.39, 0.29) is 11.3 Å². The van der Waals surface area contributed by atoms with E-state index in [2.05, 4.69) is 30.0 Å². The number of hydrogen-bond donors (Lipinski definition) is 1. The quantitative estimate of drug-likeness (QED) is 0.901. The largest absolute Gasteiger partial charge is 0.480 e. The van der Waals surface area contributed by atoms with E-state index in [4.69, 9.17) is 0 Å². The Morgan fingerprint density at radius 2 is 1.85 bits per heavy atom. The number of carboxylic acids is 1. The maximum atomic E-state index is 11.8. The van der Waals surface area contributed by atoms with Crippen LogP contribution in [0.4, 0.5) is 0 Å². The van der Waals surface area contributed by atoms with Crippen LogP contribution in [0.2, 0.25) is 0 Å². The highest BCUT2D eigenvalue weighted by Crippen LogP contribution is 2.43. The van der Waals surface area contributed by atoms with E-state index >= 15 is 0 Å². The third-order valence-corrected chi connectivity index (χ3v) is 5.80. The van der Waals surface area contributed by atoms with E-state index in [1.165, 1.54) is 18.1 Å². The van der Waals surface area contributed by atoms with Crippen LogP contribution in [0.25, 0.3) is 6.08 Å². The van der Waals surface area contributed by atoms with Crippen molar-refractivity contribution in [1.82, 2.24) is 9.80 Å². The monoisotopic (exact) mass is 356 g/mol. The Labute approximate surface area is 155 Å². The molecule has 0 aliphatic carbocycles. The highest BCUT2D eigenvalue weighted by Gasteiger charge is 2.48. The van der Waals surface area contributed by atoms with Crippen molar-refractivity contribution < 1.29 is 14.7 Å². The molecule has 1 aromatic carbocycles. The van der Waals surface area contributed by atoms with Gasteiger partial charge in [-0.25, -0.2) is 4.79 Å². The van der Waals surface area contributed by atoms with E-state index in [0.29, 0.717) is 13.0 Å². The van der Waals surface area contributed by atoms with Gasteiger partial charge in [-0.05, 0) is 50.3 Å². The van der Waals surface area contributed by atoms with Crippen LogP contribution in [0.1, 0.15) is 38.7 Å². The number of rotatable bonds is 4. The summed E-state index contributed by atoms with van der Waals surface area (Å²) < 4.78 is 0. The van der Waals surface area contributed by atoms with Gasteiger partial charge in [-0.2, -0.15) is 0 Å². The number of nitrogens with zero attached hydrogens (tertiary/aromatic N) is 2. The predicted molar refractivity (Wildman–Crippen MR) is 102 cm³/mol. The number of hydrogen-bond acceptors (Lipinski definition) is 3. The second-order valence-electron chi connectivity index (χ2n) is 7.88. The molecule has 1 amide bonds. The van der Waals surface area contributed by atoms with Crippen molar-refractivity contribution in [2.45, 2.75) is 39.2 Å². The number of amides is 1. The van der Waals surface area contributed by atoms with E-state index in [1.54, 1.807) is 4.90 Å². The highest BCUT2D eigenvalue weighted by molar-refractivity contribution is 5.83. The van der Waals surface area contributed by atoms with Crippen molar-refractivity contribution in [2.24, 2.45) is 5.41 Å². The molecule has 2 heterocycles. The summed E-state index contributed by atoms with van der Waals surface area (Å²) in [5.41, 5.74) is 2.52. The van der Waals surface area contributed by atoms with Crippen molar-refractivity contribution in [3.8, 4) is 0 Å². The summed E-state index contributed by atoms with van der Waals surface area (Å²) in [6.07, 6.45) is 4.73. The van der Waals surface area contributed by atoms with Crippen LogP contribution in [0.3, 0.4) is 0 Å².